The smallest absolute Gasteiger partial charge is 0.413 e. The molecular weight excluding hydrogens is 642 g/mol. The van der Waals surface area contributed by atoms with E-state index in [9.17, 15) is 9.13 Å². The largest absolute Gasteiger partial charge is 0.647 e. The highest BCUT2D eigenvalue weighted by atomic mass is 31.2. The van der Waals surface area contributed by atoms with Gasteiger partial charge in [-0.25, -0.2) is 4.57 Å². The predicted octanol–water partition coefficient (Wildman–Crippen LogP) is 10.6. The van der Waals surface area contributed by atoms with Crippen LogP contribution in [0.3, 0.4) is 0 Å². The minimum absolute atomic E-state index is 0.323. The molecule has 0 aromatic heterocycles. The van der Waals surface area contributed by atoms with Crippen molar-refractivity contribution in [1.82, 2.24) is 0 Å². The first kappa shape index (κ1) is 32.7. The molecule has 0 saturated carbocycles. The van der Waals surface area contributed by atoms with Gasteiger partial charge in [0.05, 0.1) is 5.30 Å². The number of hydrogen-bond donors (Lipinski definition) is 0. The third-order valence-electron chi connectivity index (χ3n) is 7.56. The van der Waals surface area contributed by atoms with Crippen LogP contribution in [-0.2, 0) is 14.5 Å². The van der Waals surface area contributed by atoms with Crippen molar-refractivity contribution in [3.8, 4) is 28.7 Å². The second-order valence-corrected chi connectivity index (χ2v) is 14.7. The molecule has 0 saturated heterocycles. The Labute approximate surface area is 280 Å². The quantitative estimate of drug-likeness (QED) is 0.113. The molecule has 48 heavy (non-hydrogen) atoms. The summed E-state index contributed by atoms with van der Waals surface area (Å²) >= 11 is 0. The Bertz CT molecular complexity index is 1960. The molecule has 0 amide bonds. The Morgan fingerprint density at radius 3 is 1.04 bits per heavy atom. The number of phosphoric ester groups is 1. The zero-order valence-electron chi connectivity index (χ0n) is 26.4. The van der Waals surface area contributed by atoms with Crippen LogP contribution in [0.1, 0.15) is 25.0 Å². The Kier molecular flexibility index (Phi) is 9.72. The van der Waals surface area contributed by atoms with E-state index in [1.807, 2.05) is 60.7 Å². The Balaban J connectivity index is 1.19. The zero-order chi connectivity index (χ0) is 33.5. The molecule has 1 atom stereocenters. The Morgan fingerprint density at radius 1 is 0.375 bits per heavy atom. The van der Waals surface area contributed by atoms with Crippen molar-refractivity contribution in [3.05, 3.63) is 181 Å². The summed E-state index contributed by atoms with van der Waals surface area (Å²) in [6, 6.07) is 50.1. The average molecular weight is 677 g/mol. The normalized spacial score (nSPS) is 12.7. The number of rotatable bonds is 13. The number of hydrogen-bond acceptors (Lipinski definition) is 7. The van der Waals surface area contributed by atoms with Crippen LogP contribution in [-0.4, -0.2) is 0 Å². The van der Waals surface area contributed by atoms with E-state index in [2.05, 4.69) is 13.8 Å². The average Bonchev–Trinajstić information content (AvgIpc) is 3.10. The summed E-state index contributed by atoms with van der Waals surface area (Å²) < 4.78 is 57.4. The van der Waals surface area contributed by atoms with E-state index in [0.717, 1.165) is 11.1 Å². The summed E-state index contributed by atoms with van der Waals surface area (Å²) in [5.41, 5.74) is 1.53. The van der Waals surface area contributed by atoms with Crippen LogP contribution in [0.15, 0.2) is 170 Å². The van der Waals surface area contributed by atoms with Gasteiger partial charge in [0, 0.05) is 5.41 Å². The van der Waals surface area contributed by atoms with Gasteiger partial charge in [-0.15, -0.1) is 0 Å². The van der Waals surface area contributed by atoms with Gasteiger partial charge in [-0.1, -0.05) is 111 Å². The van der Waals surface area contributed by atoms with Gasteiger partial charge >= 0.3 is 15.4 Å². The van der Waals surface area contributed by atoms with Crippen molar-refractivity contribution in [1.29, 1.82) is 0 Å². The molecule has 6 aromatic rings. The minimum Gasteiger partial charge on any atom is -0.413 e. The summed E-state index contributed by atoms with van der Waals surface area (Å²) in [5, 5.41) is 0.452. The molecular formula is C39H34O7P2. The third-order valence-corrected chi connectivity index (χ3v) is 10.7. The van der Waals surface area contributed by atoms with Gasteiger partial charge in [0.2, 0.25) is 0 Å². The molecule has 6 aromatic carbocycles. The van der Waals surface area contributed by atoms with Gasteiger partial charge in [0.1, 0.15) is 28.7 Å². The lowest BCUT2D eigenvalue weighted by molar-refractivity contribution is 0.298. The second kappa shape index (κ2) is 14.3. The molecule has 0 aliphatic rings. The van der Waals surface area contributed by atoms with Crippen LogP contribution in [0.2, 0.25) is 0 Å². The fraction of sp³-hybridized carbons (Fsp3) is 0.0769. The molecule has 9 heteroatoms. The van der Waals surface area contributed by atoms with Gasteiger partial charge < -0.3 is 22.6 Å². The standard InChI is InChI=1S/C39H34O7P2/c1-39(2,31-23-27-36(28-24-31)43-47(40,38-21-13-6-14-22-38)42-33-15-7-3-8-16-33)32-25-29-37(30-26-32)46-48(41,44-34-17-9-4-10-18-34)45-35-19-11-5-12-20-35/h3-30H,1-2H3. The van der Waals surface area contributed by atoms with Crippen molar-refractivity contribution in [3.63, 3.8) is 0 Å². The van der Waals surface area contributed by atoms with E-state index >= 15 is 0 Å². The van der Waals surface area contributed by atoms with E-state index in [0.29, 0.717) is 34.1 Å². The predicted molar refractivity (Wildman–Crippen MR) is 189 cm³/mol. The summed E-state index contributed by atoms with van der Waals surface area (Å²) in [4.78, 5) is 0. The highest BCUT2D eigenvalue weighted by Gasteiger charge is 2.34. The summed E-state index contributed by atoms with van der Waals surface area (Å²) in [5.74, 6) is 1.89. The monoisotopic (exact) mass is 676 g/mol. The summed E-state index contributed by atoms with van der Waals surface area (Å²) in [6.07, 6.45) is 0. The van der Waals surface area contributed by atoms with Gasteiger partial charge in [-0.3, -0.25) is 0 Å². The first-order valence-corrected chi connectivity index (χ1v) is 18.3. The van der Waals surface area contributed by atoms with Crippen molar-refractivity contribution in [2.45, 2.75) is 19.3 Å². The van der Waals surface area contributed by atoms with Crippen LogP contribution in [0.25, 0.3) is 0 Å². The highest BCUT2D eigenvalue weighted by molar-refractivity contribution is 7.63. The Morgan fingerprint density at radius 2 is 0.667 bits per heavy atom. The topological polar surface area (TPSA) is 80.3 Å². The van der Waals surface area contributed by atoms with Gasteiger partial charge in [0.25, 0.3) is 0 Å². The molecule has 0 spiro atoms. The van der Waals surface area contributed by atoms with E-state index < -0.39 is 20.8 Å². The third kappa shape index (κ3) is 8.01. The van der Waals surface area contributed by atoms with Crippen molar-refractivity contribution in [2.75, 3.05) is 0 Å². The van der Waals surface area contributed by atoms with Crippen LogP contribution in [0, 0.1) is 0 Å². The molecule has 0 N–H and O–H groups in total. The maximum Gasteiger partial charge on any atom is 0.647 e. The number of benzene rings is 6. The fourth-order valence-electron chi connectivity index (χ4n) is 4.93. The van der Waals surface area contributed by atoms with E-state index in [-0.39, 0.29) is 0 Å². The molecule has 0 aliphatic carbocycles. The van der Waals surface area contributed by atoms with Gasteiger partial charge in [-0.05, 0) is 83.9 Å². The lowest BCUT2D eigenvalue weighted by Gasteiger charge is -2.27. The second-order valence-electron chi connectivity index (χ2n) is 11.3. The van der Waals surface area contributed by atoms with E-state index in [4.69, 9.17) is 22.6 Å². The van der Waals surface area contributed by atoms with Crippen LogP contribution < -0.4 is 27.9 Å². The van der Waals surface area contributed by atoms with E-state index in [1.165, 1.54) is 0 Å². The number of phosphoric acid groups is 1. The summed E-state index contributed by atoms with van der Waals surface area (Å²) in [7, 11) is -7.87. The molecule has 0 aliphatic heterocycles. The maximum absolute atomic E-state index is 14.1. The van der Waals surface area contributed by atoms with E-state index in [1.54, 1.807) is 109 Å². The van der Waals surface area contributed by atoms with Crippen LogP contribution in [0.4, 0.5) is 0 Å². The highest BCUT2D eigenvalue weighted by Crippen LogP contribution is 2.50. The Hall–Kier alpha value is -5.22. The van der Waals surface area contributed by atoms with Crippen molar-refractivity contribution >= 4 is 20.7 Å². The fourth-order valence-corrected chi connectivity index (χ4v) is 7.77. The number of para-hydroxylation sites is 3. The first-order chi connectivity index (χ1) is 23.2. The van der Waals surface area contributed by atoms with Crippen LogP contribution >= 0.6 is 15.4 Å². The first-order valence-electron chi connectivity index (χ1n) is 15.3. The molecule has 0 radical (unpaired) electrons. The molecule has 1 unspecified atom stereocenters. The van der Waals surface area contributed by atoms with Crippen molar-refractivity contribution in [2.24, 2.45) is 0 Å². The molecule has 7 nitrogen and oxygen atoms in total. The molecule has 6 rings (SSSR count). The summed E-state index contributed by atoms with van der Waals surface area (Å²) in [6.45, 7) is 4.18. The van der Waals surface area contributed by atoms with Gasteiger partial charge in [-0.2, -0.15) is 4.57 Å². The minimum atomic E-state index is -4.11. The van der Waals surface area contributed by atoms with Crippen molar-refractivity contribution < 1.29 is 31.7 Å². The molecule has 0 fully saturated rings. The maximum atomic E-state index is 14.1. The SMILES string of the molecule is CC(C)(c1ccc(OP(=O)(Oc2ccccc2)Oc2ccccc2)cc1)c1ccc(OP(=O)(Oc2ccccc2)c2ccccc2)cc1. The zero-order valence-corrected chi connectivity index (χ0v) is 28.2. The lowest BCUT2D eigenvalue weighted by atomic mass is 9.78. The molecule has 0 heterocycles. The lowest BCUT2D eigenvalue weighted by Crippen LogP contribution is -2.19. The van der Waals surface area contributed by atoms with Crippen LogP contribution in [0.5, 0.6) is 28.7 Å². The molecule has 242 valence electrons. The van der Waals surface area contributed by atoms with Gasteiger partial charge in [0.15, 0.2) is 0 Å². The molecule has 0 bridgehead atoms.